The Bertz CT molecular complexity index is 1100. The SMILES string of the molecule is C=C[C@]1(C)C[C@@H](OC(=O)COc2cnc3c(c2)B(O)OC3)[C@@]2(CC)C[C@](CCC(C)=O)(CC[C@H]2C)[C@@H](C)[C@@H]1O. The molecule has 0 spiro atoms. The van der Waals surface area contributed by atoms with Gasteiger partial charge in [0.2, 0.25) is 0 Å². The molecule has 1 aromatic heterocycles. The predicted octanol–water partition coefficient (Wildman–Crippen LogP) is 3.75. The zero-order valence-electron chi connectivity index (χ0n) is 24.1. The first kappa shape index (κ1) is 29.8. The number of ketones is 1. The number of rotatable bonds is 9. The second-order valence-corrected chi connectivity index (χ2v) is 12.6. The fourth-order valence-electron chi connectivity index (χ4n) is 7.57. The number of Topliss-reactive ketones (excluding diaryl/α,β-unsaturated/α-hetero) is 1. The maximum atomic E-state index is 13.3. The van der Waals surface area contributed by atoms with Crippen LogP contribution in [0, 0.1) is 28.1 Å². The number of nitrogens with zero attached hydrogens (tertiary/aromatic N) is 1. The molecule has 1 aromatic rings. The molecule has 4 rings (SSSR count). The van der Waals surface area contributed by atoms with Gasteiger partial charge in [-0.1, -0.05) is 33.8 Å². The zero-order valence-corrected chi connectivity index (χ0v) is 24.1. The van der Waals surface area contributed by atoms with E-state index in [4.69, 9.17) is 14.1 Å². The molecule has 1 aliphatic heterocycles. The lowest BCUT2D eigenvalue weighted by molar-refractivity contribution is -0.195. The summed E-state index contributed by atoms with van der Waals surface area (Å²) in [6.45, 7) is 14.2. The lowest BCUT2D eigenvalue weighted by Crippen LogP contribution is -2.59. The van der Waals surface area contributed by atoms with E-state index in [1.165, 1.54) is 6.20 Å². The highest BCUT2D eigenvalue weighted by atomic mass is 16.6. The molecule has 0 amide bonds. The fourth-order valence-corrected chi connectivity index (χ4v) is 7.57. The van der Waals surface area contributed by atoms with Crippen LogP contribution in [-0.2, 0) is 25.6 Å². The van der Waals surface area contributed by atoms with Crippen LogP contribution in [0.15, 0.2) is 24.9 Å². The minimum absolute atomic E-state index is 0.0371. The van der Waals surface area contributed by atoms with Crippen LogP contribution in [0.25, 0.3) is 0 Å². The van der Waals surface area contributed by atoms with Gasteiger partial charge < -0.3 is 29.1 Å². The quantitative estimate of drug-likeness (QED) is 0.276. The Kier molecular flexibility index (Phi) is 8.65. The second kappa shape index (κ2) is 11.3. The van der Waals surface area contributed by atoms with Gasteiger partial charge in [-0.3, -0.25) is 4.98 Å². The Morgan fingerprint density at radius 1 is 1.36 bits per heavy atom. The van der Waals surface area contributed by atoms with Gasteiger partial charge in [0.05, 0.1) is 24.6 Å². The van der Waals surface area contributed by atoms with Gasteiger partial charge in [0.25, 0.3) is 0 Å². The molecule has 2 N–H and O–H groups in total. The van der Waals surface area contributed by atoms with E-state index >= 15 is 0 Å². The van der Waals surface area contributed by atoms with Gasteiger partial charge in [-0.15, -0.1) is 6.58 Å². The van der Waals surface area contributed by atoms with Crippen molar-refractivity contribution in [2.45, 2.75) is 98.4 Å². The molecule has 0 radical (unpaired) electrons. The number of aliphatic hydroxyl groups is 1. The highest BCUT2D eigenvalue weighted by molar-refractivity contribution is 6.61. The van der Waals surface area contributed by atoms with E-state index in [1.807, 2.05) is 13.0 Å². The standard InChI is InChI=1S/C30H44BNO7/c1-7-28(6)14-25(39-26(34)17-37-22-13-23-24(32-15-22)16-38-31(23)36)30(8-2)18-29(11-9-19(30)3,12-10-20(4)33)21(5)27(28)35/h7,13,15,19,21,25,27,35-36H,1,8-12,14,16-18H2,2-6H3/t19-,21+,25-,27+,28-,29-,30+/m1/s1. The summed E-state index contributed by atoms with van der Waals surface area (Å²) in [6.07, 6.45) is 7.31. The van der Waals surface area contributed by atoms with Crippen LogP contribution in [0.2, 0.25) is 0 Å². The summed E-state index contributed by atoms with van der Waals surface area (Å²) in [6, 6.07) is 1.63. The average molecular weight is 541 g/mol. The van der Waals surface area contributed by atoms with Crippen molar-refractivity contribution in [1.82, 2.24) is 4.98 Å². The Morgan fingerprint density at radius 2 is 2.10 bits per heavy atom. The van der Waals surface area contributed by atoms with E-state index in [2.05, 4.69) is 32.3 Å². The number of pyridine rings is 1. The van der Waals surface area contributed by atoms with Crippen LogP contribution in [0.3, 0.4) is 0 Å². The summed E-state index contributed by atoms with van der Waals surface area (Å²) in [4.78, 5) is 29.6. The number of ether oxygens (including phenoxy) is 2. The summed E-state index contributed by atoms with van der Waals surface area (Å²) in [5.74, 6) is 0.274. The largest absolute Gasteiger partial charge is 0.493 e. The highest BCUT2D eigenvalue weighted by Crippen LogP contribution is 2.63. The van der Waals surface area contributed by atoms with Gasteiger partial charge in [0.15, 0.2) is 6.61 Å². The van der Waals surface area contributed by atoms with Crippen LogP contribution >= 0.6 is 0 Å². The Balaban J connectivity index is 1.61. The first-order valence-electron chi connectivity index (χ1n) is 14.3. The molecule has 8 nitrogen and oxygen atoms in total. The number of hydrogen-bond acceptors (Lipinski definition) is 8. The lowest BCUT2D eigenvalue weighted by atomic mass is 9.46. The van der Waals surface area contributed by atoms with E-state index in [-0.39, 0.29) is 35.7 Å². The minimum atomic E-state index is -1.05. The summed E-state index contributed by atoms with van der Waals surface area (Å²) >= 11 is 0. The lowest BCUT2D eigenvalue weighted by Gasteiger charge is -2.61. The predicted molar refractivity (Wildman–Crippen MR) is 148 cm³/mol. The number of fused-ring (bicyclic) bond motifs is 3. The van der Waals surface area contributed by atoms with Crippen LogP contribution in [-0.4, -0.2) is 52.8 Å². The maximum absolute atomic E-state index is 13.3. The molecular weight excluding hydrogens is 497 g/mol. The van der Waals surface area contributed by atoms with Crippen LogP contribution < -0.4 is 10.2 Å². The third-order valence-electron chi connectivity index (χ3n) is 10.5. The molecule has 0 saturated heterocycles. The number of esters is 1. The van der Waals surface area contributed by atoms with Crippen molar-refractivity contribution in [3.05, 3.63) is 30.6 Å². The number of carbonyl (C=O) groups excluding carboxylic acids is 2. The normalized spacial score (nSPS) is 35.9. The van der Waals surface area contributed by atoms with E-state index in [0.29, 0.717) is 42.1 Å². The third-order valence-corrected chi connectivity index (χ3v) is 10.5. The number of aromatic nitrogens is 1. The third kappa shape index (κ3) is 5.55. The molecule has 2 fully saturated rings. The van der Waals surface area contributed by atoms with Crippen molar-refractivity contribution in [1.29, 1.82) is 0 Å². The molecular formula is C30H44BNO7. The zero-order chi connectivity index (χ0) is 28.6. The van der Waals surface area contributed by atoms with E-state index in [0.717, 1.165) is 25.7 Å². The molecule has 2 heterocycles. The average Bonchev–Trinajstić information content (AvgIpc) is 3.29. The molecule has 2 aliphatic carbocycles. The number of aliphatic hydroxyl groups excluding tert-OH is 1. The van der Waals surface area contributed by atoms with Crippen molar-refractivity contribution in [2.24, 2.45) is 28.1 Å². The van der Waals surface area contributed by atoms with Gasteiger partial charge in [-0.2, -0.15) is 0 Å². The molecule has 214 valence electrons. The Morgan fingerprint density at radius 3 is 2.77 bits per heavy atom. The van der Waals surface area contributed by atoms with Crippen LogP contribution in [0.4, 0.5) is 0 Å². The Hall–Kier alpha value is -2.23. The molecule has 2 saturated carbocycles. The first-order valence-corrected chi connectivity index (χ1v) is 14.3. The van der Waals surface area contributed by atoms with E-state index in [9.17, 15) is 19.7 Å². The molecule has 39 heavy (non-hydrogen) atoms. The molecule has 2 bridgehead atoms. The Labute approximate surface area is 232 Å². The van der Waals surface area contributed by atoms with Gasteiger partial charge in [-0.25, -0.2) is 4.79 Å². The van der Waals surface area contributed by atoms with Gasteiger partial charge >= 0.3 is 13.1 Å². The molecule has 0 aromatic carbocycles. The molecule has 9 heteroatoms. The van der Waals surface area contributed by atoms with E-state index < -0.39 is 30.7 Å². The van der Waals surface area contributed by atoms with Crippen molar-refractivity contribution in [3.8, 4) is 5.75 Å². The fraction of sp³-hybridized carbons (Fsp3) is 0.700. The summed E-state index contributed by atoms with van der Waals surface area (Å²) in [5, 5.41) is 21.7. The maximum Gasteiger partial charge on any atom is 0.493 e. The molecule has 7 atom stereocenters. The number of carbonyl (C=O) groups is 2. The summed E-state index contributed by atoms with van der Waals surface area (Å²) < 4.78 is 17.2. The highest BCUT2D eigenvalue weighted by Gasteiger charge is 2.59. The van der Waals surface area contributed by atoms with Gasteiger partial charge in [0, 0.05) is 22.7 Å². The second-order valence-electron chi connectivity index (χ2n) is 12.6. The number of hydrogen-bond donors (Lipinski definition) is 2. The smallest absolute Gasteiger partial charge is 0.480 e. The first-order chi connectivity index (χ1) is 18.4. The molecule has 3 aliphatic rings. The van der Waals surface area contributed by atoms with Crippen molar-refractivity contribution < 1.29 is 33.8 Å². The van der Waals surface area contributed by atoms with E-state index in [1.54, 1.807) is 13.0 Å². The monoisotopic (exact) mass is 541 g/mol. The minimum Gasteiger partial charge on any atom is -0.480 e. The van der Waals surface area contributed by atoms with Crippen LogP contribution in [0.1, 0.15) is 85.3 Å². The van der Waals surface area contributed by atoms with Gasteiger partial charge in [0.1, 0.15) is 17.6 Å². The summed E-state index contributed by atoms with van der Waals surface area (Å²) in [5.41, 5.74) is -0.0373. The van der Waals surface area contributed by atoms with Crippen LogP contribution in [0.5, 0.6) is 5.75 Å². The topological polar surface area (TPSA) is 115 Å². The summed E-state index contributed by atoms with van der Waals surface area (Å²) in [7, 11) is -1.05. The van der Waals surface area contributed by atoms with Crippen molar-refractivity contribution in [2.75, 3.05) is 6.61 Å². The molecule has 0 unspecified atom stereocenters. The van der Waals surface area contributed by atoms with Crippen molar-refractivity contribution in [3.63, 3.8) is 0 Å². The van der Waals surface area contributed by atoms with Gasteiger partial charge in [-0.05, 0) is 68.8 Å². The van der Waals surface area contributed by atoms with Crippen molar-refractivity contribution >= 4 is 24.3 Å².